The first-order valence-electron chi connectivity index (χ1n) is 5.42. The van der Waals surface area contributed by atoms with Gasteiger partial charge in [0.15, 0.2) is 0 Å². The second-order valence-corrected chi connectivity index (χ2v) is 4.04. The van der Waals surface area contributed by atoms with E-state index in [0.717, 1.165) is 18.6 Å². The molecule has 0 radical (unpaired) electrons. The van der Waals surface area contributed by atoms with Gasteiger partial charge in [-0.15, -0.1) is 0 Å². The third-order valence-corrected chi connectivity index (χ3v) is 3.06. The molecule has 1 unspecified atom stereocenters. The minimum absolute atomic E-state index is 0.549. The largest absolute Gasteiger partial charge is 0.316 e. The van der Waals surface area contributed by atoms with Crippen LogP contribution < -0.4 is 5.32 Å². The standard InChI is InChI=1S/C11H14N4/c1-2-9(6-12-3-1)11-10-7-13-4-5-15(10)8-14-11/h4-5,7-9,12H,1-3,6H2. The van der Waals surface area contributed by atoms with Gasteiger partial charge in [0.1, 0.15) is 0 Å². The summed E-state index contributed by atoms with van der Waals surface area (Å²) >= 11 is 0. The van der Waals surface area contributed by atoms with E-state index in [1.807, 2.05) is 23.1 Å². The summed E-state index contributed by atoms with van der Waals surface area (Å²) < 4.78 is 2.04. The summed E-state index contributed by atoms with van der Waals surface area (Å²) in [5, 5.41) is 3.42. The minimum atomic E-state index is 0.549. The Labute approximate surface area is 88.4 Å². The predicted molar refractivity (Wildman–Crippen MR) is 57.8 cm³/mol. The topological polar surface area (TPSA) is 42.2 Å². The molecular formula is C11H14N4. The van der Waals surface area contributed by atoms with E-state index in [9.17, 15) is 0 Å². The van der Waals surface area contributed by atoms with E-state index in [4.69, 9.17) is 0 Å². The molecule has 15 heavy (non-hydrogen) atoms. The van der Waals surface area contributed by atoms with E-state index in [0.29, 0.717) is 5.92 Å². The molecule has 2 aromatic heterocycles. The number of rotatable bonds is 1. The Kier molecular flexibility index (Phi) is 2.14. The summed E-state index contributed by atoms with van der Waals surface area (Å²) in [6.45, 7) is 2.18. The van der Waals surface area contributed by atoms with Gasteiger partial charge in [0, 0.05) is 24.9 Å². The molecule has 1 aliphatic rings. The van der Waals surface area contributed by atoms with Crippen molar-refractivity contribution in [1.29, 1.82) is 0 Å². The highest BCUT2D eigenvalue weighted by Gasteiger charge is 2.19. The Hall–Kier alpha value is -1.42. The fraction of sp³-hybridized carbons (Fsp3) is 0.455. The van der Waals surface area contributed by atoms with Crippen molar-refractivity contribution in [3.63, 3.8) is 0 Å². The highest BCUT2D eigenvalue weighted by atomic mass is 15.0. The number of hydrogen-bond donors (Lipinski definition) is 1. The molecule has 0 aromatic carbocycles. The van der Waals surface area contributed by atoms with Gasteiger partial charge in [0.25, 0.3) is 0 Å². The molecule has 1 aliphatic heterocycles. The monoisotopic (exact) mass is 202 g/mol. The normalized spacial score (nSPS) is 22.0. The smallest absolute Gasteiger partial charge is 0.0996 e. The van der Waals surface area contributed by atoms with Crippen molar-refractivity contribution in [1.82, 2.24) is 19.7 Å². The molecule has 2 aromatic rings. The molecule has 0 amide bonds. The summed E-state index contributed by atoms with van der Waals surface area (Å²) in [7, 11) is 0. The van der Waals surface area contributed by atoms with E-state index in [-0.39, 0.29) is 0 Å². The van der Waals surface area contributed by atoms with Crippen LogP contribution in [0.25, 0.3) is 5.52 Å². The summed E-state index contributed by atoms with van der Waals surface area (Å²) in [6.07, 6.45) is 9.98. The van der Waals surface area contributed by atoms with Crippen molar-refractivity contribution < 1.29 is 0 Å². The lowest BCUT2D eigenvalue weighted by molar-refractivity contribution is 0.457. The molecule has 1 fully saturated rings. The van der Waals surface area contributed by atoms with Gasteiger partial charge >= 0.3 is 0 Å². The second-order valence-electron chi connectivity index (χ2n) is 4.04. The molecule has 1 saturated heterocycles. The molecular weight excluding hydrogens is 188 g/mol. The fourth-order valence-electron chi connectivity index (χ4n) is 2.26. The SMILES string of the molecule is c1cn2cnc(C3CCCNC3)c2cn1. The van der Waals surface area contributed by atoms with Gasteiger partial charge in [0.05, 0.1) is 23.7 Å². The van der Waals surface area contributed by atoms with Gasteiger partial charge in [0.2, 0.25) is 0 Å². The van der Waals surface area contributed by atoms with Gasteiger partial charge in [-0.3, -0.25) is 4.98 Å². The van der Waals surface area contributed by atoms with Gasteiger partial charge in [-0.25, -0.2) is 4.98 Å². The number of hydrogen-bond acceptors (Lipinski definition) is 3. The maximum atomic E-state index is 4.50. The quantitative estimate of drug-likeness (QED) is 0.755. The van der Waals surface area contributed by atoms with Crippen LogP contribution in [0.5, 0.6) is 0 Å². The van der Waals surface area contributed by atoms with Gasteiger partial charge in [-0.1, -0.05) is 0 Å². The molecule has 0 bridgehead atoms. The van der Waals surface area contributed by atoms with Gasteiger partial charge in [-0.05, 0) is 19.4 Å². The minimum Gasteiger partial charge on any atom is -0.316 e. The first kappa shape index (κ1) is 8.85. The summed E-state index contributed by atoms with van der Waals surface area (Å²) in [6, 6.07) is 0. The molecule has 0 saturated carbocycles. The lowest BCUT2D eigenvalue weighted by Gasteiger charge is -2.21. The average Bonchev–Trinajstić information content (AvgIpc) is 2.74. The van der Waals surface area contributed by atoms with Crippen LogP contribution in [0.4, 0.5) is 0 Å². The average molecular weight is 202 g/mol. The van der Waals surface area contributed by atoms with E-state index in [1.54, 1.807) is 6.20 Å². The van der Waals surface area contributed by atoms with Crippen molar-refractivity contribution in [2.45, 2.75) is 18.8 Å². The second kappa shape index (κ2) is 3.62. The first-order chi connectivity index (χ1) is 7.45. The number of piperidine rings is 1. The number of fused-ring (bicyclic) bond motifs is 1. The number of imidazole rings is 1. The van der Waals surface area contributed by atoms with Crippen LogP contribution in [0, 0.1) is 0 Å². The molecule has 0 aliphatic carbocycles. The molecule has 1 N–H and O–H groups in total. The highest BCUT2D eigenvalue weighted by Crippen LogP contribution is 2.24. The molecule has 0 spiro atoms. The molecule has 4 heteroatoms. The van der Waals surface area contributed by atoms with Crippen molar-refractivity contribution in [3.8, 4) is 0 Å². The molecule has 78 valence electrons. The Bertz CT molecular complexity index is 456. The first-order valence-corrected chi connectivity index (χ1v) is 5.42. The Morgan fingerprint density at radius 3 is 3.33 bits per heavy atom. The Morgan fingerprint density at radius 2 is 2.47 bits per heavy atom. The number of nitrogens with one attached hydrogen (secondary N) is 1. The zero-order valence-corrected chi connectivity index (χ0v) is 8.56. The summed E-state index contributed by atoms with van der Waals surface area (Å²) in [5.74, 6) is 0.549. The van der Waals surface area contributed by atoms with Gasteiger partial charge < -0.3 is 9.72 Å². The molecule has 1 atom stereocenters. The predicted octanol–water partition coefficient (Wildman–Crippen LogP) is 1.20. The molecule has 3 heterocycles. The van der Waals surface area contributed by atoms with Crippen molar-refractivity contribution in [3.05, 3.63) is 30.6 Å². The Balaban J connectivity index is 2.02. The summed E-state index contributed by atoms with van der Waals surface area (Å²) in [5.41, 5.74) is 2.33. The van der Waals surface area contributed by atoms with Crippen LogP contribution in [0.1, 0.15) is 24.5 Å². The van der Waals surface area contributed by atoms with E-state index in [1.165, 1.54) is 18.5 Å². The zero-order chi connectivity index (χ0) is 10.1. The Morgan fingerprint density at radius 1 is 1.47 bits per heavy atom. The molecule has 4 nitrogen and oxygen atoms in total. The molecule has 3 rings (SSSR count). The van der Waals surface area contributed by atoms with E-state index >= 15 is 0 Å². The lowest BCUT2D eigenvalue weighted by Crippen LogP contribution is -2.28. The van der Waals surface area contributed by atoms with Crippen LogP contribution >= 0.6 is 0 Å². The zero-order valence-electron chi connectivity index (χ0n) is 8.56. The maximum Gasteiger partial charge on any atom is 0.0996 e. The maximum absolute atomic E-state index is 4.50. The highest BCUT2D eigenvalue weighted by molar-refractivity contribution is 5.51. The van der Waals surface area contributed by atoms with Crippen molar-refractivity contribution in [2.24, 2.45) is 0 Å². The number of aromatic nitrogens is 3. The van der Waals surface area contributed by atoms with E-state index in [2.05, 4.69) is 15.3 Å². The third-order valence-electron chi connectivity index (χ3n) is 3.06. The fourth-order valence-corrected chi connectivity index (χ4v) is 2.26. The van der Waals surface area contributed by atoms with Crippen LogP contribution in [0.2, 0.25) is 0 Å². The van der Waals surface area contributed by atoms with Crippen molar-refractivity contribution >= 4 is 5.52 Å². The summed E-state index contributed by atoms with van der Waals surface area (Å²) in [4.78, 5) is 8.66. The van der Waals surface area contributed by atoms with Crippen LogP contribution in [-0.2, 0) is 0 Å². The van der Waals surface area contributed by atoms with Crippen molar-refractivity contribution in [2.75, 3.05) is 13.1 Å². The lowest BCUT2D eigenvalue weighted by atomic mass is 9.96. The third kappa shape index (κ3) is 1.51. The van der Waals surface area contributed by atoms with Crippen LogP contribution in [0.15, 0.2) is 24.9 Å². The van der Waals surface area contributed by atoms with E-state index < -0.39 is 0 Å². The van der Waals surface area contributed by atoms with Crippen LogP contribution in [0.3, 0.4) is 0 Å². The number of nitrogens with zero attached hydrogens (tertiary/aromatic N) is 3. The van der Waals surface area contributed by atoms with Crippen LogP contribution in [-0.4, -0.2) is 27.5 Å². The van der Waals surface area contributed by atoms with Gasteiger partial charge in [-0.2, -0.15) is 0 Å².